The first-order valence-corrected chi connectivity index (χ1v) is 12.9. The molecule has 0 aliphatic heterocycles. The Kier molecular flexibility index (Phi) is 7.78. The Labute approximate surface area is 232 Å². The Morgan fingerprint density at radius 2 is 1.60 bits per heavy atom. The fourth-order valence-electron chi connectivity index (χ4n) is 4.46. The lowest BCUT2D eigenvalue weighted by Crippen LogP contribution is -2.10. The number of hydrogen-bond donors (Lipinski definition) is 0. The zero-order chi connectivity index (χ0) is 28.1. The molecule has 0 amide bonds. The monoisotopic (exact) mass is 532 g/mol. The molecule has 0 saturated carbocycles. The lowest BCUT2D eigenvalue weighted by atomic mass is 10.0. The Morgan fingerprint density at radius 1 is 0.850 bits per heavy atom. The van der Waals surface area contributed by atoms with Gasteiger partial charge in [0, 0.05) is 10.9 Å². The summed E-state index contributed by atoms with van der Waals surface area (Å²) >= 11 is 0. The molecule has 0 fully saturated rings. The molecule has 0 bridgehead atoms. The summed E-state index contributed by atoms with van der Waals surface area (Å²) in [5.74, 6) is 1.00. The van der Waals surface area contributed by atoms with E-state index in [0.29, 0.717) is 46.0 Å². The van der Waals surface area contributed by atoms with Crippen LogP contribution in [-0.2, 0) is 0 Å². The molecule has 0 aliphatic carbocycles. The number of esters is 1. The molecule has 0 unspecified atom stereocenters. The van der Waals surface area contributed by atoms with Crippen LogP contribution in [0.4, 0.5) is 0 Å². The van der Waals surface area contributed by atoms with Crippen molar-refractivity contribution in [2.75, 3.05) is 13.7 Å². The van der Waals surface area contributed by atoms with E-state index in [1.807, 2.05) is 61.5 Å². The molecule has 0 saturated heterocycles. The van der Waals surface area contributed by atoms with E-state index < -0.39 is 5.97 Å². The van der Waals surface area contributed by atoms with Crippen LogP contribution >= 0.6 is 0 Å². The fourth-order valence-corrected chi connectivity index (χ4v) is 4.46. The van der Waals surface area contributed by atoms with Gasteiger partial charge in [-0.1, -0.05) is 66.7 Å². The molecule has 5 rings (SSSR count). The van der Waals surface area contributed by atoms with E-state index >= 15 is 0 Å². The summed E-state index contributed by atoms with van der Waals surface area (Å²) in [6.07, 6.45) is 3.21. The lowest BCUT2D eigenvalue weighted by Gasteiger charge is -2.10. The quantitative estimate of drug-likeness (QED) is 0.0830. The highest BCUT2D eigenvalue weighted by atomic mass is 16.6. The zero-order valence-electron chi connectivity index (χ0n) is 22.5. The molecule has 40 heavy (non-hydrogen) atoms. The smallest absolute Gasteiger partial charge is 0.347 e. The van der Waals surface area contributed by atoms with Gasteiger partial charge in [-0.15, -0.1) is 0 Å². The summed E-state index contributed by atoms with van der Waals surface area (Å²) in [5, 5.41) is 0.613. The summed E-state index contributed by atoms with van der Waals surface area (Å²) in [4.78, 5) is 25.9. The molecule has 4 aromatic carbocycles. The minimum absolute atomic E-state index is 0.122. The van der Waals surface area contributed by atoms with E-state index in [4.69, 9.17) is 18.6 Å². The number of allylic oxidation sites excluding steroid dienone is 1. The first kappa shape index (κ1) is 26.5. The topological polar surface area (TPSA) is 75.0 Å². The zero-order valence-corrected chi connectivity index (χ0v) is 22.5. The molecular formula is C34H28O6. The maximum absolute atomic E-state index is 13.2. The van der Waals surface area contributed by atoms with Crippen molar-refractivity contribution in [2.24, 2.45) is 0 Å². The Hall–Kier alpha value is -5.10. The van der Waals surface area contributed by atoms with Crippen molar-refractivity contribution in [1.29, 1.82) is 0 Å². The van der Waals surface area contributed by atoms with E-state index in [1.54, 1.807) is 49.4 Å². The van der Waals surface area contributed by atoms with Crippen molar-refractivity contribution >= 4 is 28.8 Å². The molecule has 0 atom stereocenters. The van der Waals surface area contributed by atoms with Crippen molar-refractivity contribution in [3.63, 3.8) is 0 Å². The minimum atomic E-state index is -0.569. The number of methoxy groups -OCH3 is 1. The highest BCUT2D eigenvalue weighted by molar-refractivity contribution is 6.07. The highest BCUT2D eigenvalue weighted by Crippen LogP contribution is 2.33. The number of carbonyl (C=O) groups excluding carboxylic acids is 2. The van der Waals surface area contributed by atoms with Crippen LogP contribution in [0.15, 0.2) is 101 Å². The van der Waals surface area contributed by atoms with Gasteiger partial charge in [0.05, 0.1) is 13.7 Å². The maximum atomic E-state index is 13.2. The number of ether oxygens (including phenoxy) is 3. The average molecular weight is 533 g/mol. The minimum Gasteiger partial charge on any atom is -0.494 e. The number of hydrogen-bond acceptors (Lipinski definition) is 6. The van der Waals surface area contributed by atoms with Crippen LogP contribution < -0.4 is 14.2 Å². The third-order valence-electron chi connectivity index (χ3n) is 6.44. The second-order valence-corrected chi connectivity index (χ2v) is 9.07. The van der Waals surface area contributed by atoms with Crippen LogP contribution in [-0.4, -0.2) is 25.5 Å². The van der Waals surface area contributed by atoms with Crippen molar-refractivity contribution in [2.45, 2.75) is 13.8 Å². The number of furan rings is 1. The van der Waals surface area contributed by atoms with Crippen molar-refractivity contribution in [3.05, 3.63) is 120 Å². The van der Waals surface area contributed by atoms with Crippen molar-refractivity contribution in [3.8, 4) is 28.4 Å². The number of fused-ring (bicyclic) bond motifs is 1. The van der Waals surface area contributed by atoms with E-state index in [1.165, 1.54) is 13.2 Å². The number of ketones is 1. The molecular weight excluding hydrogens is 504 g/mol. The Balaban J connectivity index is 1.31. The number of rotatable bonds is 9. The molecule has 0 N–H and O–H groups in total. The van der Waals surface area contributed by atoms with E-state index in [0.717, 1.165) is 16.7 Å². The van der Waals surface area contributed by atoms with Crippen LogP contribution in [0.2, 0.25) is 0 Å². The normalized spacial score (nSPS) is 11.1. The fraction of sp³-hybridized carbons (Fsp3) is 0.118. The van der Waals surface area contributed by atoms with Gasteiger partial charge in [0.15, 0.2) is 17.3 Å². The summed E-state index contributed by atoms with van der Waals surface area (Å²) in [6.45, 7) is 4.12. The molecule has 0 aliphatic rings. The largest absolute Gasteiger partial charge is 0.494 e. The third-order valence-corrected chi connectivity index (χ3v) is 6.44. The van der Waals surface area contributed by atoms with Crippen molar-refractivity contribution in [1.82, 2.24) is 0 Å². The molecule has 200 valence electrons. The Bertz CT molecular complexity index is 1690. The SMILES string of the molecule is CCOc1ccc2oc(C)c(C(=O)Oc3ccc(C=CC(=O)c4ccc(-c5ccccc5)cc4)cc3OC)c2c1. The number of benzene rings is 4. The number of carbonyl (C=O) groups is 2. The van der Waals surface area contributed by atoms with Gasteiger partial charge in [0.25, 0.3) is 0 Å². The van der Waals surface area contributed by atoms with E-state index in [2.05, 4.69) is 0 Å². The van der Waals surface area contributed by atoms with Crippen LogP contribution in [0.25, 0.3) is 28.2 Å². The van der Waals surface area contributed by atoms with E-state index in [9.17, 15) is 9.59 Å². The first-order chi connectivity index (χ1) is 19.5. The maximum Gasteiger partial charge on any atom is 0.347 e. The average Bonchev–Trinajstić information content (AvgIpc) is 3.32. The van der Waals surface area contributed by atoms with E-state index in [-0.39, 0.29) is 11.5 Å². The van der Waals surface area contributed by atoms with Gasteiger partial charge < -0.3 is 18.6 Å². The summed E-state index contributed by atoms with van der Waals surface area (Å²) < 4.78 is 22.5. The molecule has 6 heteroatoms. The van der Waals surface area contributed by atoms with Crippen LogP contribution in [0, 0.1) is 6.92 Å². The first-order valence-electron chi connectivity index (χ1n) is 12.9. The van der Waals surface area contributed by atoms with Gasteiger partial charge in [0.2, 0.25) is 0 Å². The lowest BCUT2D eigenvalue weighted by molar-refractivity contribution is 0.0729. The summed E-state index contributed by atoms with van der Waals surface area (Å²) in [6, 6.07) is 27.9. The second kappa shape index (κ2) is 11.7. The van der Waals surface area contributed by atoms with Gasteiger partial charge >= 0.3 is 5.97 Å². The van der Waals surface area contributed by atoms with Crippen LogP contribution in [0.3, 0.4) is 0 Å². The van der Waals surface area contributed by atoms with Crippen molar-refractivity contribution < 1.29 is 28.2 Å². The molecule has 1 aromatic heterocycles. The van der Waals surface area contributed by atoms with Gasteiger partial charge in [-0.2, -0.15) is 0 Å². The third kappa shape index (κ3) is 5.66. The summed E-state index contributed by atoms with van der Waals surface area (Å²) in [5.41, 5.74) is 4.34. The molecule has 0 radical (unpaired) electrons. The van der Waals surface area contributed by atoms with Crippen LogP contribution in [0.5, 0.6) is 17.2 Å². The van der Waals surface area contributed by atoms with Gasteiger partial charge in [-0.05, 0) is 66.9 Å². The predicted molar refractivity (Wildman–Crippen MR) is 155 cm³/mol. The molecule has 0 spiro atoms. The standard InChI is InChI=1S/C34H28O6/c1-4-38-27-16-19-30-28(21-27)33(22(2)39-30)34(36)40-31-18-11-23(20-32(31)37-3)10-17-29(35)26-14-12-25(13-15-26)24-8-6-5-7-9-24/h5-21H,4H2,1-3H3. The van der Waals surface area contributed by atoms with Crippen LogP contribution in [0.1, 0.15) is 39.0 Å². The highest BCUT2D eigenvalue weighted by Gasteiger charge is 2.22. The van der Waals surface area contributed by atoms with Gasteiger partial charge in [-0.3, -0.25) is 4.79 Å². The van der Waals surface area contributed by atoms with Gasteiger partial charge in [-0.25, -0.2) is 4.79 Å². The van der Waals surface area contributed by atoms with Gasteiger partial charge in [0.1, 0.15) is 22.7 Å². The second-order valence-electron chi connectivity index (χ2n) is 9.07. The number of aryl methyl sites for hydroxylation is 1. The molecule has 5 aromatic rings. The molecule has 6 nitrogen and oxygen atoms in total. The Morgan fingerprint density at radius 3 is 2.33 bits per heavy atom. The molecule has 1 heterocycles. The summed E-state index contributed by atoms with van der Waals surface area (Å²) in [7, 11) is 1.49. The predicted octanol–water partition coefficient (Wildman–Crippen LogP) is 7.93.